The van der Waals surface area contributed by atoms with Crippen LogP contribution >= 0.6 is 0 Å². The summed E-state index contributed by atoms with van der Waals surface area (Å²) in [5.41, 5.74) is 2.06. The van der Waals surface area contributed by atoms with Crippen LogP contribution in [0.15, 0.2) is 40.1 Å². The van der Waals surface area contributed by atoms with Gasteiger partial charge in [-0.25, -0.2) is 4.98 Å². The molecule has 0 saturated heterocycles. The van der Waals surface area contributed by atoms with E-state index in [4.69, 9.17) is 8.94 Å². The first-order valence-corrected chi connectivity index (χ1v) is 6.15. The van der Waals surface area contributed by atoms with E-state index in [1.165, 1.54) is 5.69 Å². The molecule has 0 amide bonds. The van der Waals surface area contributed by atoms with Gasteiger partial charge in [-0.15, -0.1) is 0 Å². The minimum Gasteiger partial charge on any atom is -0.472 e. The lowest BCUT2D eigenvalue weighted by Crippen LogP contribution is -1.93. The molecule has 0 aromatic carbocycles. The van der Waals surface area contributed by atoms with Gasteiger partial charge in [0.15, 0.2) is 0 Å². The van der Waals surface area contributed by atoms with Gasteiger partial charge in [0.1, 0.15) is 6.26 Å². The summed E-state index contributed by atoms with van der Waals surface area (Å²) in [5, 5.41) is 3.99. The summed E-state index contributed by atoms with van der Waals surface area (Å²) in [5.74, 6) is 2.02. The molecule has 0 radical (unpaired) electrons. The maximum Gasteiger partial charge on any atom is 0.230 e. The van der Waals surface area contributed by atoms with E-state index < -0.39 is 0 Å². The highest BCUT2D eigenvalue weighted by molar-refractivity contribution is 5.51. The summed E-state index contributed by atoms with van der Waals surface area (Å²) in [4.78, 5) is 8.58. The summed E-state index contributed by atoms with van der Waals surface area (Å²) in [6.45, 7) is 0. The molecule has 1 fully saturated rings. The lowest BCUT2D eigenvalue weighted by Gasteiger charge is -1.98. The van der Waals surface area contributed by atoms with Crippen LogP contribution in [0.5, 0.6) is 0 Å². The molecule has 3 aromatic rings. The van der Waals surface area contributed by atoms with Crippen LogP contribution in [-0.2, 0) is 7.05 Å². The van der Waals surface area contributed by atoms with Crippen LogP contribution in [0.2, 0.25) is 0 Å². The average molecular weight is 256 g/mol. The van der Waals surface area contributed by atoms with E-state index >= 15 is 0 Å². The number of nitrogens with zero attached hydrogens (tertiary/aromatic N) is 4. The lowest BCUT2D eigenvalue weighted by atomic mass is 10.2. The highest BCUT2D eigenvalue weighted by Crippen LogP contribution is 2.53. The van der Waals surface area contributed by atoms with E-state index in [9.17, 15) is 0 Å². The van der Waals surface area contributed by atoms with Crippen molar-refractivity contribution in [2.45, 2.75) is 18.3 Å². The van der Waals surface area contributed by atoms with Crippen LogP contribution in [0.4, 0.5) is 0 Å². The standard InChI is InChI=1S/C13H12N4O2/c1-17-7-14-5-11(17)9-4-10(9)13-15-12(16-19-13)8-2-3-18-6-8/h2-3,5-7,9-10H,4H2,1H3/t9-,10-/m1/s1. The molecular weight excluding hydrogens is 244 g/mol. The number of aryl methyl sites for hydroxylation is 1. The second-order valence-electron chi connectivity index (χ2n) is 4.85. The third kappa shape index (κ3) is 1.68. The Labute approximate surface area is 109 Å². The molecule has 4 rings (SSSR count). The molecular formula is C13H12N4O2. The number of imidazole rings is 1. The van der Waals surface area contributed by atoms with Gasteiger partial charge in [-0.2, -0.15) is 4.98 Å². The fraction of sp³-hybridized carbons (Fsp3) is 0.308. The van der Waals surface area contributed by atoms with Gasteiger partial charge >= 0.3 is 0 Å². The van der Waals surface area contributed by atoms with Crippen molar-refractivity contribution in [2.24, 2.45) is 7.05 Å². The minimum atomic E-state index is 0.309. The number of hydrogen-bond donors (Lipinski definition) is 0. The zero-order valence-corrected chi connectivity index (χ0v) is 10.4. The monoisotopic (exact) mass is 256 g/mol. The van der Waals surface area contributed by atoms with E-state index in [1.54, 1.807) is 12.5 Å². The van der Waals surface area contributed by atoms with Crippen LogP contribution in [-0.4, -0.2) is 19.7 Å². The van der Waals surface area contributed by atoms with E-state index in [0.717, 1.165) is 12.0 Å². The third-order valence-corrected chi connectivity index (χ3v) is 3.56. The Kier molecular flexibility index (Phi) is 2.11. The third-order valence-electron chi connectivity index (χ3n) is 3.56. The first-order valence-electron chi connectivity index (χ1n) is 6.15. The molecule has 6 nitrogen and oxygen atoms in total. The summed E-state index contributed by atoms with van der Waals surface area (Å²) < 4.78 is 12.4. The van der Waals surface area contributed by atoms with Crippen molar-refractivity contribution >= 4 is 0 Å². The SMILES string of the molecule is Cn1cncc1[C@@H]1C[C@H]1c1nc(-c2ccoc2)no1. The molecule has 0 spiro atoms. The van der Waals surface area contributed by atoms with Crippen molar-refractivity contribution in [2.75, 3.05) is 0 Å². The predicted octanol–water partition coefficient (Wildman–Crippen LogP) is 2.33. The Balaban J connectivity index is 1.58. The molecule has 19 heavy (non-hydrogen) atoms. The molecule has 1 aliphatic carbocycles. The van der Waals surface area contributed by atoms with Crippen molar-refractivity contribution in [3.8, 4) is 11.4 Å². The average Bonchev–Trinajstić information content (AvgIpc) is 2.86. The summed E-state index contributed by atoms with van der Waals surface area (Å²) in [6, 6.07) is 1.82. The van der Waals surface area contributed by atoms with Gasteiger partial charge in [0.25, 0.3) is 0 Å². The molecule has 0 N–H and O–H groups in total. The normalized spacial score (nSPS) is 21.7. The molecule has 1 aliphatic rings. The lowest BCUT2D eigenvalue weighted by molar-refractivity contribution is 0.378. The van der Waals surface area contributed by atoms with E-state index in [1.807, 2.05) is 30.2 Å². The molecule has 96 valence electrons. The molecule has 2 atom stereocenters. The molecule has 0 bridgehead atoms. The van der Waals surface area contributed by atoms with Crippen molar-refractivity contribution < 1.29 is 8.94 Å². The Bertz CT molecular complexity index is 698. The van der Waals surface area contributed by atoms with Crippen molar-refractivity contribution in [1.29, 1.82) is 0 Å². The van der Waals surface area contributed by atoms with Crippen LogP contribution in [0, 0.1) is 0 Å². The number of furan rings is 1. The number of rotatable bonds is 3. The summed E-state index contributed by atoms with van der Waals surface area (Å²) >= 11 is 0. The van der Waals surface area contributed by atoms with Crippen molar-refractivity contribution in [1.82, 2.24) is 19.7 Å². The minimum absolute atomic E-state index is 0.309. The van der Waals surface area contributed by atoms with Crippen LogP contribution in [0.3, 0.4) is 0 Å². The Morgan fingerprint density at radius 3 is 3.05 bits per heavy atom. The van der Waals surface area contributed by atoms with Gasteiger partial charge in [-0.3, -0.25) is 0 Å². The van der Waals surface area contributed by atoms with E-state index in [-0.39, 0.29) is 0 Å². The molecule has 1 saturated carbocycles. The van der Waals surface area contributed by atoms with Crippen LogP contribution in [0.25, 0.3) is 11.4 Å². The zero-order chi connectivity index (χ0) is 12.8. The van der Waals surface area contributed by atoms with E-state index in [0.29, 0.717) is 23.6 Å². The zero-order valence-electron chi connectivity index (χ0n) is 10.4. The number of hydrogen-bond acceptors (Lipinski definition) is 5. The Morgan fingerprint density at radius 1 is 1.37 bits per heavy atom. The van der Waals surface area contributed by atoms with Crippen molar-refractivity contribution in [3.05, 3.63) is 42.7 Å². The second kappa shape index (κ2) is 3.81. The Hall–Kier alpha value is -2.37. The maximum atomic E-state index is 5.35. The highest BCUT2D eigenvalue weighted by Gasteiger charge is 2.45. The van der Waals surface area contributed by atoms with Crippen LogP contribution in [0.1, 0.15) is 29.8 Å². The Morgan fingerprint density at radius 2 is 2.32 bits per heavy atom. The van der Waals surface area contributed by atoms with Crippen molar-refractivity contribution in [3.63, 3.8) is 0 Å². The topological polar surface area (TPSA) is 69.9 Å². The second-order valence-corrected chi connectivity index (χ2v) is 4.85. The summed E-state index contributed by atoms with van der Waals surface area (Å²) in [6.07, 6.45) is 7.96. The van der Waals surface area contributed by atoms with Gasteiger partial charge in [0.05, 0.1) is 18.2 Å². The van der Waals surface area contributed by atoms with E-state index in [2.05, 4.69) is 15.1 Å². The molecule has 3 heterocycles. The van der Waals surface area contributed by atoms with Gasteiger partial charge in [-0.1, -0.05) is 5.16 Å². The highest BCUT2D eigenvalue weighted by atomic mass is 16.5. The molecule has 0 unspecified atom stereocenters. The molecule has 6 heteroatoms. The first-order chi connectivity index (χ1) is 9.33. The smallest absolute Gasteiger partial charge is 0.230 e. The van der Waals surface area contributed by atoms with Gasteiger partial charge in [-0.05, 0) is 12.5 Å². The predicted molar refractivity (Wildman–Crippen MR) is 65.3 cm³/mol. The molecule has 0 aliphatic heterocycles. The fourth-order valence-electron chi connectivity index (χ4n) is 2.41. The number of aromatic nitrogens is 4. The van der Waals surface area contributed by atoms with Gasteiger partial charge in [0.2, 0.25) is 11.7 Å². The maximum absolute atomic E-state index is 5.35. The van der Waals surface area contributed by atoms with Crippen LogP contribution < -0.4 is 0 Å². The summed E-state index contributed by atoms with van der Waals surface area (Å²) in [7, 11) is 2.00. The quantitative estimate of drug-likeness (QED) is 0.719. The van der Waals surface area contributed by atoms with Gasteiger partial charge in [0, 0.05) is 30.8 Å². The molecule has 3 aromatic heterocycles. The first kappa shape index (κ1) is 10.5. The van der Waals surface area contributed by atoms with Gasteiger partial charge < -0.3 is 13.5 Å². The largest absolute Gasteiger partial charge is 0.472 e. The fourth-order valence-corrected chi connectivity index (χ4v) is 2.41.